The number of rotatable bonds is 3. The molecule has 0 aromatic carbocycles. The first-order valence-electron chi connectivity index (χ1n) is 6.18. The van der Waals surface area contributed by atoms with E-state index in [2.05, 4.69) is 4.98 Å². The Morgan fingerprint density at radius 2 is 2.00 bits per heavy atom. The molecule has 0 atom stereocenters. The van der Waals surface area contributed by atoms with Crippen LogP contribution in [0.3, 0.4) is 0 Å². The Morgan fingerprint density at radius 3 is 2.61 bits per heavy atom. The number of pyridine rings is 1. The molecule has 0 unspecified atom stereocenters. The molecule has 1 amide bonds. The predicted molar refractivity (Wildman–Crippen MR) is 68.7 cm³/mol. The Bertz CT molecular complexity index is 448. The van der Waals surface area contributed by atoms with E-state index in [1.54, 1.807) is 29.3 Å². The molecular weight excluding hydrogens is 228 g/mol. The van der Waals surface area contributed by atoms with Gasteiger partial charge in [0.25, 0.3) is 5.91 Å². The van der Waals surface area contributed by atoms with Crippen LogP contribution in [0.4, 0.5) is 0 Å². The number of aldehydes is 1. The van der Waals surface area contributed by atoms with Gasteiger partial charge in [0.05, 0.1) is 11.3 Å². The molecule has 1 aromatic rings. The Morgan fingerprint density at radius 1 is 1.22 bits per heavy atom. The van der Waals surface area contributed by atoms with Gasteiger partial charge in [-0.25, -0.2) is 0 Å². The lowest BCUT2D eigenvalue weighted by Gasteiger charge is -2.26. The van der Waals surface area contributed by atoms with Crippen molar-refractivity contribution in [3.8, 4) is 0 Å². The van der Waals surface area contributed by atoms with E-state index >= 15 is 0 Å². The summed E-state index contributed by atoms with van der Waals surface area (Å²) in [6, 6.07) is 5.39. The fourth-order valence-electron chi connectivity index (χ4n) is 2.05. The maximum absolute atomic E-state index is 12.1. The standard InChI is InChI=1S/C14H16N2O2/c17-11-12(10-13-6-2-3-7-15-13)14(18)16-8-4-1-5-9-16/h2-3,6-7,10-11H,1,4-5,8-9H2. The van der Waals surface area contributed by atoms with Gasteiger partial charge in [-0.3, -0.25) is 14.6 Å². The van der Waals surface area contributed by atoms with E-state index in [4.69, 9.17) is 0 Å². The van der Waals surface area contributed by atoms with E-state index in [-0.39, 0.29) is 11.5 Å². The molecule has 1 aliphatic rings. The van der Waals surface area contributed by atoms with Crippen LogP contribution in [0.15, 0.2) is 30.0 Å². The van der Waals surface area contributed by atoms with Crippen molar-refractivity contribution in [2.75, 3.05) is 13.1 Å². The molecular formula is C14H16N2O2. The van der Waals surface area contributed by atoms with Crippen LogP contribution in [-0.4, -0.2) is 35.2 Å². The number of carbonyl (C=O) groups excluding carboxylic acids is 2. The zero-order valence-electron chi connectivity index (χ0n) is 10.2. The molecule has 0 spiro atoms. The summed E-state index contributed by atoms with van der Waals surface area (Å²) >= 11 is 0. The summed E-state index contributed by atoms with van der Waals surface area (Å²) in [5.41, 5.74) is 0.806. The molecule has 1 saturated heterocycles. The van der Waals surface area contributed by atoms with E-state index in [0.717, 1.165) is 32.4 Å². The Hall–Kier alpha value is -1.97. The first-order valence-corrected chi connectivity index (χ1v) is 6.18. The van der Waals surface area contributed by atoms with Gasteiger partial charge in [-0.1, -0.05) is 6.07 Å². The Labute approximate surface area is 106 Å². The minimum Gasteiger partial charge on any atom is -0.339 e. The van der Waals surface area contributed by atoms with E-state index in [0.29, 0.717) is 12.0 Å². The zero-order valence-corrected chi connectivity index (χ0v) is 10.2. The SMILES string of the molecule is O=CC(=Cc1ccccn1)C(=O)N1CCCCC1. The quantitative estimate of drug-likeness (QED) is 0.352. The molecule has 18 heavy (non-hydrogen) atoms. The van der Waals surface area contributed by atoms with Crippen molar-refractivity contribution in [1.82, 2.24) is 9.88 Å². The third-order valence-corrected chi connectivity index (χ3v) is 3.01. The van der Waals surface area contributed by atoms with Crippen LogP contribution in [0.25, 0.3) is 6.08 Å². The Balaban J connectivity index is 2.15. The summed E-state index contributed by atoms with van der Waals surface area (Å²) in [6.07, 6.45) is 6.99. The molecule has 1 aliphatic heterocycles. The summed E-state index contributed by atoms with van der Waals surface area (Å²) in [5, 5.41) is 0. The molecule has 1 fully saturated rings. The lowest BCUT2D eigenvalue weighted by molar-refractivity contribution is -0.128. The van der Waals surface area contributed by atoms with Crippen LogP contribution in [0.2, 0.25) is 0 Å². The van der Waals surface area contributed by atoms with Crippen LogP contribution in [0, 0.1) is 0 Å². The highest BCUT2D eigenvalue weighted by Crippen LogP contribution is 2.12. The van der Waals surface area contributed by atoms with Gasteiger partial charge in [-0.15, -0.1) is 0 Å². The molecule has 0 saturated carbocycles. The third kappa shape index (κ3) is 3.03. The minimum absolute atomic E-state index is 0.176. The maximum Gasteiger partial charge on any atom is 0.257 e. The van der Waals surface area contributed by atoms with Crippen molar-refractivity contribution >= 4 is 18.3 Å². The number of amides is 1. The first-order chi connectivity index (χ1) is 8.81. The van der Waals surface area contributed by atoms with Crippen LogP contribution in [0.1, 0.15) is 25.0 Å². The molecule has 0 N–H and O–H groups in total. The van der Waals surface area contributed by atoms with Crippen molar-refractivity contribution in [3.05, 3.63) is 35.7 Å². The zero-order chi connectivity index (χ0) is 12.8. The number of nitrogens with zero attached hydrogens (tertiary/aromatic N) is 2. The van der Waals surface area contributed by atoms with Gasteiger partial charge < -0.3 is 4.90 Å². The van der Waals surface area contributed by atoms with Gasteiger partial charge in [-0.05, 0) is 37.5 Å². The summed E-state index contributed by atoms with van der Waals surface area (Å²) in [4.78, 5) is 29.0. The topological polar surface area (TPSA) is 50.3 Å². The minimum atomic E-state index is -0.185. The predicted octanol–water partition coefficient (Wildman–Crippen LogP) is 1.68. The average molecular weight is 244 g/mol. The number of piperidine rings is 1. The first kappa shape index (κ1) is 12.5. The molecule has 0 aliphatic carbocycles. The largest absolute Gasteiger partial charge is 0.339 e. The monoisotopic (exact) mass is 244 g/mol. The van der Waals surface area contributed by atoms with Crippen LogP contribution in [0.5, 0.6) is 0 Å². The highest BCUT2D eigenvalue weighted by Gasteiger charge is 2.19. The second kappa shape index (κ2) is 6.10. The highest BCUT2D eigenvalue weighted by molar-refractivity contribution is 6.14. The van der Waals surface area contributed by atoms with Crippen molar-refractivity contribution < 1.29 is 9.59 Å². The fourth-order valence-corrected chi connectivity index (χ4v) is 2.05. The third-order valence-electron chi connectivity index (χ3n) is 3.01. The van der Waals surface area contributed by atoms with Gasteiger partial charge in [0, 0.05) is 19.3 Å². The van der Waals surface area contributed by atoms with Crippen LogP contribution in [-0.2, 0) is 9.59 Å². The van der Waals surface area contributed by atoms with Crippen LogP contribution < -0.4 is 0 Å². The van der Waals surface area contributed by atoms with E-state index in [1.165, 1.54) is 0 Å². The van der Waals surface area contributed by atoms with Crippen molar-refractivity contribution in [3.63, 3.8) is 0 Å². The van der Waals surface area contributed by atoms with Crippen molar-refractivity contribution in [1.29, 1.82) is 0 Å². The number of hydrogen-bond acceptors (Lipinski definition) is 3. The molecule has 4 nitrogen and oxygen atoms in total. The van der Waals surface area contributed by atoms with E-state index < -0.39 is 0 Å². The summed E-state index contributed by atoms with van der Waals surface area (Å²) < 4.78 is 0. The number of aromatic nitrogens is 1. The van der Waals surface area contributed by atoms with Gasteiger partial charge in [-0.2, -0.15) is 0 Å². The number of likely N-dealkylation sites (tertiary alicyclic amines) is 1. The van der Waals surface area contributed by atoms with Gasteiger partial charge in [0.2, 0.25) is 0 Å². The molecule has 2 rings (SSSR count). The lowest BCUT2D eigenvalue weighted by Crippen LogP contribution is -2.36. The average Bonchev–Trinajstić information content (AvgIpc) is 2.46. The fraction of sp³-hybridized carbons (Fsp3) is 0.357. The van der Waals surface area contributed by atoms with Crippen molar-refractivity contribution in [2.45, 2.75) is 19.3 Å². The van der Waals surface area contributed by atoms with Crippen LogP contribution >= 0.6 is 0 Å². The van der Waals surface area contributed by atoms with E-state index in [1.807, 2.05) is 6.07 Å². The lowest BCUT2D eigenvalue weighted by atomic mass is 10.1. The normalized spacial score (nSPS) is 16.4. The molecule has 0 radical (unpaired) electrons. The smallest absolute Gasteiger partial charge is 0.257 e. The second-order valence-electron chi connectivity index (χ2n) is 4.32. The maximum atomic E-state index is 12.1. The van der Waals surface area contributed by atoms with Gasteiger partial charge >= 0.3 is 0 Å². The van der Waals surface area contributed by atoms with Gasteiger partial charge in [0.15, 0.2) is 6.29 Å². The summed E-state index contributed by atoms with van der Waals surface area (Å²) in [6.45, 7) is 1.48. The molecule has 94 valence electrons. The summed E-state index contributed by atoms with van der Waals surface area (Å²) in [7, 11) is 0. The highest BCUT2D eigenvalue weighted by atomic mass is 16.2. The van der Waals surface area contributed by atoms with Gasteiger partial charge in [0.1, 0.15) is 0 Å². The number of hydrogen-bond donors (Lipinski definition) is 0. The molecule has 2 heterocycles. The van der Waals surface area contributed by atoms with Crippen molar-refractivity contribution in [2.24, 2.45) is 0 Å². The summed E-state index contributed by atoms with van der Waals surface area (Å²) in [5.74, 6) is -0.185. The molecule has 0 bridgehead atoms. The number of carbonyl (C=O) groups is 2. The second-order valence-corrected chi connectivity index (χ2v) is 4.32. The molecule has 4 heteroatoms. The molecule has 1 aromatic heterocycles. The van der Waals surface area contributed by atoms with E-state index in [9.17, 15) is 9.59 Å². The Kier molecular flexibility index (Phi) is 4.23.